The summed E-state index contributed by atoms with van der Waals surface area (Å²) in [5.74, 6) is 0.750. The number of benzene rings is 4. The van der Waals surface area contributed by atoms with Gasteiger partial charge in [0.2, 0.25) is 11.8 Å². The van der Waals surface area contributed by atoms with Crippen LogP contribution in [0.3, 0.4) is 0 Å². The number of likely N-dealkylation sites (tertiary alicyclic amines) is 1. The summed E-state index contributed by atoms with van der Waals surface area (Å²) in [6.45, 7) is 3.05. The van der Waals surface area contributed by atoms with Crippen molar-refractivity contribution in [1.82, 2.24) is 9.88 Å². The van der Waals surface area contributed by atoms with Crippen LogP contribution in [0.2, 0.25) is 0 Å². The average molecular weight is 672 g/mol. The lowest BCUT2D eigenvalue weighted by atomic mass is 9.90. The van der Waals surface area contributed by atoms with Crippen LogP contribution in [-0.4, -0.2) is 41.7 Å². The van der Waals surface area contributed by atoms with Crippen LogP contribution in [0, 0.1) is 11.7 Å². The second kappa shape index (κ2) is 15.9. The predicted octanol–water partition coefficient (Wildman–Crippen LogP) is 9.06. The van der Waals surface area contributed by atoms with Gasteiger partial charge in [0.05, 0.1) is 5.69 Å². The molecule has 7 nitrogen and oxygen atoms in total. The fourth-order valence-electron chi connectivity index (χ4n) is 7.02. The minimum absolute atomic E-state index is 0.0809. The topological polar surface area (TPSA) is 64.1 Å². The van der Waals surface area contributed by atoms with Gasteiger partial charge < -0.3 is 24.0 Å². The van der Waals surface area contributed by atoms with Gasteiger partial charge in [-0.25, -0.2) is 9.18 Å². The van der Waals surface area contributed by atoms with Crippen molar-refractivity contribution < 1.29 is 23.4 Å². The molecule has 2 atom stereocenters. The summed E-state index contributed by atoms with van der Waals surface area (Å²) in [4.78, 5) is 21.9. The van der Waals surface area contributed by atoms with Gasteiger partial charge in [-0.2, -0.15) is 4.98 Å². The third kappa shape index (κ3) is 8.08. The van der Waals surface area contributed by atoms with Gasteiger partial charge >= 0.3 is 6.09 Å². The lowest BCUT2D eigenvalue weighted by Gasteiger charge is -2.38. The maximum absolute atomic E-state index is 16.0. The zero-order valence-electron chi connectivity index (χ0n) is 28.1. The average Bonchev–Trinajstić information content (AvgIpc) is 3.66. The highest BCUT2D eigenvalue weighted by Crippen LogP contribution is 2.37. The van der Waals surface area contributed by atoms with Gasteiger partial charge in [-0.3, -0.25) is 0 Å². The summed E-state index contributed by atoms with van der Waals surface area (Å²) in [6.07, 6.45) is 3.61. The zero-order valence-corrected chi connectivity index (χ0v) is 28.1. The van der Waals surface area contributed by atoms with E-state index in [1.165, 1.54) is 0 Å². The molecule has 2 fully saturated rings. The molecule has 3 heterocycles. The number of anilines is 1. The predicted molar refractivity (Wildman–Crippen MR) is 192 cm³/mol. The Hall–Kier alpha value is -5.37. The molecule has 2 saturated heterocycles. The molecule has 1 aromatic heterocycles. The molecule has 1 amide bonds. The zero-order chi connectivity index (χ0) is 34.1. The molecule has 2 unspecified atom stereocenters. The first-order chi connectivity index (χ1) is 24.6. The van der Waals surface area contributed by atoms with Crippen molar-refractivity contribution in [2.24, 2.45) is 5.92 Å². The lowest BCUT2D eigenvalue weighted by Crippen LogP contribution is -2.48. The highest BCUT2D eigenvalue weighted by Gasteiger charge is 2.38. The van der Waals surface area contributed by atoms with Crippen molar-refractivity contribution >= 4 is 11.8 Å². The SMILES string of the molecule is O=C(OCc1ccccc1)N1CCCCC1C1CCN(c2ccc(-c3ccc(OCc4ccccc4)nc3OCc3ccccc3)cc2F)C1. The molecule has 4 aromatic carbocycles. The Bertz CT molecular complexity index is 1860. The number of rotatable bonds is 11. The maximum atomic E-state index is 16.0. The summed E-state index contributed by atoms with van der Waals surface area (Å²) >= 11 is 0. The summed E-state index contributed by atoms with van der Waals surface area (Å²) in [5.41, 5.74) is 4.93. The van der Waals surface area contributed by atoms with Gasteiger partial charge in [-0.05, 0) is 72.1 Å². The second-order valence-electron chi connectivity index (χ2n) is 13.0. The molecule has 0 bridgehead atoms. The standard InChI is InChI=1S/C42H42FN3O4/c43-37-26-34(36-20-22-40(48-28-31-12-4-1-5-13-31)44-41(36)49-29-32-14-6-2-7-15-32)19-21-39(37)45-25-23-35(27-45)38-18-10-11-24-46(38)42(47)50-30-33-16-8-3-9-17-33/h1-9,12-17,19-22,26,35,38H,10-11,18,23-25,27-30H2. The first-order valence-electron chi connectivity index (χ1n) is 17.5. The van der Waals surface area contributed by atoms with E-state index < -0.39 is 0 Å². The minimum atomic E-state index is -0.302. The van der Waals surface area contributed by atoms with Crippen LogP contribution >= 0.6 is 0 Å². The van der Waals surface area contributed by atoms with Gasteiger partial charge in [0.1, 0.15) is 25.6 Å². The Labute approximate surface area is 293 Å². The Kier molecular flexibility index (Phi) is 10.5. The Morgan fingerprint density at radius 1 is 0.720 bits per heavy atom. The van der Waals surface area contributed by atoms with Crippen molar-refractivity contribution in [1.29, 1.82) is 0 Å². The highest BCUT2D eigenvalue weighted by molar-refractivity contribution is 5.72. The molecule has 0 aliphatic carbocycles. The van der Waals surface area contributed by atoms with Gasteiger partial charge in [-0.1, -0.05) is 97.1 Å². The maximum Gasteiger partial charge on any atom is 0.410 e. The smallest absolute Gasteiger partial charge is 0.410 e. The van der Waals surface area contributed by atoms with Crippen LogP contribution < -0.4 is 14.4 Å². The molecule has 0 radical (unpaired) electrons. The Morgan fingerprint density at radius 2 is 1.38 bits per heavy atom. The molecular weight excluding hydrogens is 629 g/mol. The van der Waals surface area contributed by atoms with Gasteiger partial charge in [0, 0.05) is 37.3 Å². The van der Waals surface area contributed by atoms with Gasteiger partial charge in [-0.15, -0.1) is 0 Å². The Balaban J connectivity index is 1.05. The number of carbonyl (C=O) groups is 1. The number of hydrogen-bond acceptors (Lipinski definition) is 6. The number of nitrogens with zero attached hydrogens (tertiary/aromatic N) is 3. The number of hydrogen-bond donors (Lipinski definition) is 0. The van der Waals surface area contributed by atoms with E-state index in [4.69, 9.17) is 19.2 Å². The normalized spacial score (nSPS) is 17.4. The fourth-order valence-corrected chi connectivity index (χ4v) is 7.02. The van der Waals surface area contributed by atoms with Gasteiger partial charge in [0.15, 0.2) is 0 Å². The van der Waals surface area contributed by atoms with Crippen LogP contribution in [0.25, 0.3) is 11.1 Å². The summed E-state index contributed by atoms with van der Waals surface area (Å²) in [6, 6.07) is 38.6. The fraction of sp³-hybridized carbons (Fsp3) is 0.286. The largest absolute Gasteiger partial charge is 0.473 e. The monoisotopic (exact) mass is 671 g/mol. The number of halogens is 1. The number of pyridine rings is 1. The lowest BCUT2D eigenvalue weighted by molar-refractivity contribution is 0.0542. The third-order valence-electron chi connectivity index (χ3n) is 9.64. The molecular formula is C42H42FN3O4. The van der Waals surface area contributed by atoms with Crippen LogP contribution in [0.4, 0.5) is 14.9 Å². The van der Waals surface area contributed by atoms with Crippen molar-refractivity contribution in [2.45, 2.75) is 51.5 Å². The van der Waals surface area contributed by atoms with Crippen molar-refractivity contribution in [3.8, 4) is 22.9 Å². The molecule has 0 spiro atoms. The van der Waals surface area contributed by atoms with Gasteiger partial charge in [0.25, 0.3) is 0 Å². The van der Waals surface area contributed by atoms with Crippen molar-refractivity contribution in [2.75, 3.05) is 24.5 Å². The van der Waals surface area contributed by atoms with E-state index in [9.17, 15) is 4.79 Å². The molecule has 256 valence electrons. The summed E-state index contributed by atoms with van der Waals surface area (Å²) < 4.78 is 33.9. The summed E-state index contributed by atoms with van der Waals surface area (Å²) in [7, 11) is 0. The van der Waals surface area contributed by atoms with E-state index in [1.54, 1.807) is 12.1 Å². The van der Waals surface area contributed by atoms with E-state index in [1.807, 2.05) is 114 Å². The quantitative estimate of drug-likeness (QED) is 0.140. The molecule has 5 aromatic rings. The molecule has 0 saturated carbocycles. The van der Waals surface area contributed by atoms with E-state index in [-0.39, 0.29) is 30.5 Å². The number of amides is 1. The van der Waals surface area contributed by atoms with Crippen molar-refractivity contribution in [3.63, 3.8) is 0 Å². The molecule has 50 heavy (non-hydrogen) atoms. The number of carbonyl (C=O) groups excluding carboxylic acids is 1. The molecule has 0 N–H and O–H groups in total. The van der Waals surface area contributed by atoms with E-state index in [2.05, 4.69) is 4.90 Å². The van der Waals surface area contributed by atoms with Crippen LogP contribution in [0.1, 0.15) is 42.4 Å². The number of aromatic nitrogens is 1. The molecule has 7 rings (SSSR count). The first kappa shape index (κ1) is 33.1. The second-order valence-corrected chi connectivity index (χ2v) is 13.0. The van der Waals surface area contributed by atoms with E-state index in [0.717, 1.165) is 48.9 Å². The van der Waals surface area contributed by atoms with Crippen LogP contribution in [-0.2, 0) is 24.6 Å². The van der Waals surface area contributed by atoms with E-state index >= 15 is 4.39 Å². The molecule has 2 aliphatic rings. The van der Waals surface area contributed by atoms with Crippen LogP contribution in [0.5, 0.6) is 11.8 Å². The first-order valence-corrected chi connectivity index (χ1v) is 17.5. The number of ether oxygens (including phenoxy) is 3. The molecule has 2 aliphatic heterocycles. The highest BCUT2D eigenvalue weighted by atomic mass is 19.1. The van der Waals surface area contributed by atoms with E-state index in [0.29, 0.717) is 54.9 Å². The Morgan fingerprint density at radius 3 is 2.06 bits per heavy atom. The van der Waals surface area contributed by atoms with Crippen LogP contribution in [0.15, 0.2) is 121 Å². The van der Waals surface area contributed by atoms with Crippen molar-refractivity contribution in [3.05, 3.63) is 144 Å². The summed E-state index contributed by atoms with van der Waals surface area (Å²) in [5, 5.41) is 0. The molecule has 8 heteroatoms. The number of piperidine rings is 1. The third-order valence-corrected chi connectivity index (χ3v) is 9.64. The minimum Gasteiger partial charge on any atom is -0.473 e.